The first-order valence-corrected chi connectivity index (χ1v) is 9.17. The molecular formula is C19H24FN3O2. The van der Waals surface area contributed by atoms with Gasteiger partial charge in [0.2, 0.25) is 5.89 Å². The third-order valence-corrected chi connectivity index (χ3v) is 4.95. The monoisotopic (exact) mass is 345 g/mol. The van der Waals surface area contributed by atoms with Crippen LogP contribution in [0.1, 0.15) is 37.4 Å². The minimum absolute atomic E-state index is 0.302. The van der Waals surface area contributed by atoms with E-state index in [2.05, 4.69) is 15.0 Å². The van der Waals surface area contributed by atoms with Gasteiger partial charge in [0.1, 0.15) is 0 Å². The molecule has 1 atom stereocenters. The van der Waals surface area contributed by atoms with Crippen molar-refractivity contribution in [2.24, 2.45) is 11.8 Å². The molecule has 0 amide bonds. The molecule has 5 nitrogen and oxygen atoms in total. The fourth-order valence-electron chi connectivity index (χ4n) is 3.41. The summed E-state index contributed by atoms with van der Waals surface area (Å²) in [6, 6.07) is 6.57. The zero-order valence-electron chi connectivity index (χ0n) is 14.4. The minimum atomic E-state index is -0.302. The number of hydrogen-bond acceptors (Lipinski definition) is 5. The summed E-state index contributed by atoms with van der Waals surface area (Å²) >= 11 is 0. The Hall–Kier alpha value is -1.95. The van der Waals surface area contributed by atoms with E-state index in [9.17, 15) is 4.39 Å². The maximum atomic E-state index is 13.6. The summed E-state index contributed by atoms with van der Waals surface area (Å²) in [4.78, 5) is 6.84. The number of nitrogens with zero attached hydrogens (tertiary/aromatic N) is 3. The van der Waals surface area contributed by atoms with Crippen LogP contribution in [0.25, 0.3) is 0 Å². The van der Waals surface area contributed by atoms with Crippen molar-refractivity contribution in [2.45, 2.75) is 38.6 Å². The van der Waals surface area contributed by atoms with Crippen LogP contribution in [0.5, 0.6) is 5.75 Å². The highest BCUT2D eigenvalue weighted by molar-refractivity contribution is 5.23. The second-order valence-electron chi connectivity index (χ2n) is 7.24. The Balaban J connectivity index is 1.27. The molecule has 1 aromatic carbocycles. The van der Waals surface area contributed by atoms with Gasteiger partial charge >= 0.3 is 0 Å². The Morgan fingerprint density at radius 1 is 1.20 bits per heavy atom. The van der Waals surface area contributed by atoms with Gasteiger partial charge in [0.05, 0.1) is 13.2 Å². The first-order chi connectivity index (χ1) is 12.3. The van der Waals surface area contributed by atoms with Crippen LogP contribution < -0.4 is 4.74 Å². The van der Waals surface area contributed by atoms with Crippen LogP contribution >= 0.6 is 0 Å². The Morgan fingerprint density at radius 3 is 2.92 bits per heavy atom. The van der Waals surface area contributed by atoms with Crippen LogP contribution in [-0.4, -0.2) is 34.7 Å². The topological polar surface area (TPSA) is 51.4 Å². The van der Waals surface area contributed by atoms with Crippen LogP contribution in [0.2, 0.25) is 0 Å². The molecule has 2 fully saturated rings. The fourth-order valence-corrected chi connectivity index (χ4v) is 3.41. The molecule has 6 heteroatoms. The second kappa shape index (κ2) is 7.52. The Kier molecular flexibility index (Phi) is 4.97. The van der Waals surface area contributed by atoms with Gasteiger partial charge in [0, 0.05) is 18.9 Å². The van der Waals surface area contributed by atoms with Gasteiger partial charge in [0.25, 0.3) is 0 Å². The van der Waals surface area contributed by atoms with Crippen molar-refractivity contribution in [3.8, 4) is 5.75 Å². The molecule has 134 valence electrons. The van der Waals surface area contributed by atoms with E-state index in [1.165, 1.54) is 18.9 Å². The molecule has 25 heavy (non-hydrogen) atoms. The van der Waals surface area contributed by atoms with E-state index in [1.54, 1.807) is 18.2 Å². The highest BCUT2D eigenvalue weighted by Crippen LogP contribution is 2.31. The van der Waals surface area contributed by atoms with Crippen molar-refractivity contribution in [3.05, 3.63) is 41.8 Å². The normalized spacial score (nSPS) is 21.4. The van der Waals surface area contributed by atoms with Crippen LogP contribution in [0.15, 0.2) is 28.8 Å². The van der Waals surface area contributed by atoms with Gasteiger partial charge in [-0.3, -0.25) is 4.90 Å². The lowest BCUT2D eigenvalue weighted by atomic mass is 9.99. The molecule has 2 aliphatic rings. The molecule has 2 aromatic rings. The average molecular weight is 345 g/mol. The van der Waals surface area contributed by atoms with Crippen molar-refractivity contribution < 1.29 is 13.7 Å². The molecule has 2 heterocycles. The molecule has 1 saturated carbocycles. The number of halogens is 1. The first-order valence-electron chi connectivity index (χ1n) is 9.17. The third kappa shape index (κ3) is 4.57. The summed E-state index contributed by atoms with van der Waals surface area (Å²) in [6.45, 7) is 3.16. The highest BCUT2D eigenvalue weighted by Gasteiger charge is 2.25. The van der Waals surface area contributed by atoms with E-state index < -0.39 is 0 Å². The number of ether oxygens (including phenoxy) is 1. The molecule has 0 unspecified atom stereocenters. The van der Waals surface area contributed by atoms with E-state index in [4.69, 9.17) is 9.26 Å². The van der Waals surface area contributed by atoms with Gasteiger partial charge in [-0.1, -0.05) is 17.3 Å². The van der Waals surface area contributed by atoms with Crippen molar-refractivity contribution in [1.29, 1.82) is 0 Å². The van der Waals surface area contributed by atoms with E-state index in [-0.39, 0.29) is 5.82 Å². The third-order valence-electron chi connectivity index (χ3n) is 4.95. The number of hydrogen-bond donors (Lipinski definition) is 0. The number of benzene rings is 1. The van der Waals surface area contributed by atoms with Gasteiger partial charge in [-0.2, -0.15) is 4.98 Å². The van der Waals surface area contributed by atoms with Crippen molar-refractivity contribution in [2.75, 3.05) is 19.7 Å². The van der Waals surface area contributed by atoms with E-state index in [1.807, 2.05) is 0 Å². The molecule has 1 aliphatic heterocycles. The largest absolute Gasteiger partial charge is 0.490 e. The van der Waals surface area contributed by atoms with Crippen LogP contribution in [-0.2, 0) is 13.0 Å². The molecular weight excluding hydrogens is 321 g/mol. The van der Waals surface area contributed by atoms with Crippen LogP contribution in [0, 0.1) is 17.7 Å². The van der Waals surface area contributed by atoms with E-state index in [0.29, 0.717) is 30.7 Å². The number of para-hydroxylation sites is 1. The minimum Gasteiger partial charge on any atom is -0.490 e. The van der Waals surface area contributed by atoms with Gasteiger partial charge in [0.15, 0.2) is 17.4 Å². The highest BCUT2D eigenvalue weighted by atomic mass is 19.1. The summed E-state index contributed by atoms with van der Waals surface area (Å²) in [5, 5.41) is 4.09. The van der Waals surface area contributed by atoms with Gasteiger partial charge in [-0.15, -0.1) is 0 Å². The summed E-state index contributed by atoms with van der Waals surface area (Å²) in [7, 11) is 0. The summed E-state index contributed by atoms with van der Waals surface area (Å²) in [6.07, 6.45) is 5.73. The summed E-state index contributed by atoms with van der Waals surface area (Å²) in [5.41, 5.74) is 0. The maximum absolute atomic E-state index is 13.6. The molecule has 0 N–H and O–H groups in total. The predicted octanol–water partition coefficient (Wildman–Crippen LogP) is 3.45. The lowest BCUT2D eigenvalue weighted by molar-refractivity contribution is 0.113. The van der Waals surface area contributed by atoms with Gasteiger partial charge < -0.3 is 9.26 Å². The molecule has 0 radical (unpaired) electrons. The maximum Gasteiger partial charge on any atom is 0.240 e. The molecule has 0 bridgehead atoms. The smallest absolute Gasteiger partial charge is 0.240 e. The number of aromatic nitrogens is 2. The summed E-state index contributed by atoms with van der Waals surface area (Å²) in [5.74, 6) is 2.73. The Morgan fingerprint density at radius 2 is 2.08 bits per heavy atom. The number of rotatable bonds is 7. The predicted molar refractivity (Wildman–Crippen MR) is 90.6 cm³/mol. The number of likely N-dealkylation sites (tertiary alicyclic amines) is 1. The Labute approximate surface area is 147 Å². The summed E-state index contributed by atoms with van der Waals surface area (Å²) < 4.78 is 24.7. The molecule has 1 aliphatic carbocycles. The van der Waals surface area contributed by atoms with Crippen molar-refractivity contribution in [1.82, 2.24) is 15.0 Å². The zero-order valence-corrected chi connectivity index (χ0v) is 14.4. The van der Waals surface area contributed by atoms with Crippen molar-refractivity contribution in [3.63, 3.8) is 0 Å². The fraction of sp³-hybridized carbons (Fsp3) is 0.579. The van der Waals surface area contributed by atoms with Crippen LogP contribution in [0.3, 0.4) is 0 Å². The molecule has 1 saturated heterocycles. The Bertz CT molecular complexity index is 701. The first kappa shape index (κ1) is 16.5. The lowest BCUT2D eigenvalue weighted by Crippen LogP contribution is -2.37. The standard InChI is InChI=1S/C19H24FN3O2/c20-16-5-1-2-6-17(16)24-13-15-4-3-9-23(11-15)12-19-21-18(22-25-19)10-14-7-8-14/h1-2,5-6,14-15H,3-4,7-13H2/t15-/m1/s1. The average Bonchev–Trinajstić information content (AvgIpc) is 3.33. The molecule has 4 rings (SSSR count). The van der Waals surface area contributed by atoms with Crippen molar-refractivity contribution >= 4 is 0 Å². The van der Waals surface area contributed by atoms with Crippen LogP contribution in [0.4, 0.5) is 4.39 Å². The lowest BCUT2D eigenvalue weighted by Gasteiger charge is -2.31. The second-order valence-corrected chi connectivity index (χ2v) is 7.24. The molecule has 1 aromatic heterocycles. The van der Waals surface area contributed by atoms with Gasteiger partial charge in [-0.25, -0.2) is 4.39 Å². The molecule has 0 spiro atoms. The van der Waals surface area contributed by atoms with E-state index in [0.717, 1.165) is 44.1 Å². The van der Waals surface area contributed by atoms with E-state index >= 15 is 0 Å². The number of piperidine rings is 1. The SMILES string of the molecule is Fc1ccccc1OC[C@@H]1CCCN(Cc2nc(CC3CC3)no2)C1. The zero-order chi connectivity index (χ0) is 17.1. The quantitative estimate of drug-likeness (QED) is 0.769. The van der Waals surface area contributed by atoms with Gasteiger partial charge in [-0.05, 0) is 50.3 Å².